The maximum atomic E-state index is 13.9. The highest BCUT2D eigenvalue weighted by atomic mass is 79.9. The summed E-state index contributed by atoms with van der Waals surface area (Å²) in [4.78, 5) is 15.7. The van der Waals surface area contributed by atoms with Crippen LogP contribution in [0.4, 0.5) is 4.39 Å². The van der Waals surface area contributed by atoms with Crippen molar-refractivity contribution in [3.05, 3.63) is 39.9 Å². The summed E-state index contributed by atoms with van der Waals surface area (Å²) in [6.07, 6.45) is 0. The summed E-state index contributed by atoms with van der Waals surface area (Å²) < 4.78 is 29.3. The van der Waals surface area contributed by atoms with Crippen LogP contribution in [0.1, 0.15) is 16.2 Å². The van der Waals surface area contributed by atoms with Gasteiger partial charge in [0.05, 0.1) is 19.3 Å². The molecule has 1 heterocycles. The van der Waals surface area contributed by atoms with E-state index in [1.807, 2.05) is 0 Å². The number of methoxy groups -OCH3 is 2. The molecule has 2 rings (SSSR count). The largest absolute Gasteiger partial charge is 0.463 e. The normalized spacial score (nSPS) is 10.6. The highest BCUT2D eigenvalue weighted by Gasteiger charge is 2.23. The number of carbonyl (C=O) groups is 1. The van der Waals surface area contributed by atoms with E-state index in [4.69, 9.17) is 9.15 Å². The molecule has 0 aliphatic heterocycles. The zero-order valence-electron chi connectivity index (χ0n) is 10.8. The first-order valence-electron chi connectivity index (χ1n) is 5.59. The van der Waals surface area contributed by atoms with E-state index in [1.54, 1.807) is 6.07 Å². The van der Waals surface area contributed by atoms with Gasteiger partial charge < -0.3 is 13.9 Å². The van der Waals surface area contributed by atoms with Gasteiger partial charge in [-0.15, -0.1) is 0 Å². The third kappa shape index (κ3) is 2.88. The maximum Gasteiger partial charge on any atom is 0.376 e. The van der Waals surface area contributed by atoms with Crippen molar-refractivity contribution in [3.8, 4) is 11.5 Å². The monoisotopic (exact) mass is 343 g/mol. The molecule has 0 aliphatic carbocycles. The lowest BCUT2D eigenvalue weighted by Gasteiger charge is -1.98. The topological polar surface area (TPSA) is 61.6 Å². The fourth-order valence-corrected chi connectivity index (χ4v) is 1.95. The Balaban J connectivity index is 2.49. The Labute approximate surface area is 122 Å². The summed E-state index contributed by atoms with van der Waals surface area (Å²) in [6.45, 7) is 0.0616. The first-order valence-corrected chi connectivity index (χ1v) is 6.38. The van der Waals surface area contributed by atoms with Gasteiger partial charge in [-0.1, -0.05) is 15.9 Å². The predicted octanol–water partition coefficient (Wildman–Crippen LogP) is 3.18. The van der Waals surface area contributed by atoms with Crippen LogP contribution >= 0.6 is 15.9 Å². The van der Waals surface area contributed by atoms with E-state index in [-0.39, 0.29) is 29.5 Å². The van der Waals surface area contributed by atoms with Crippen molar-refractivity contribution < 1.29 is 23.1 Å². The fourth-order valence-electron chi connectivity index (χ4n) is 1.62. The minimum Gasteiger partial charge on any atom is -0.463 e. The zero-order chi connectivity index (χ0) is 14.7. The second kappa shape index (κ2) is 6.15. The molecule has 0 fully saturated rings. The number of rotatable bonds is 4. The number of aromatic nitrogens is 1. The number of esters is 1. The molecule has 0 radical (unpaired) electrons. The minimum atomic E-state index is -0.687. The molecule has 0 saturated carbocycles. The van der Waals surface area contributed by atoms with Crippen LogP contribution in [-0.2, 0) is 16.1 Å². The average Bonchev–Trinajstić information content (AvgIpc) is 2.82. The Morgan fingerprint density at radius 1 is 1.45 bits per heavy atom. The van der Waals surface area contributed by atoms with Crippen LogP contribution < -0.4 is 0 Å². The van der Waals surface area contributed by atoms with Gasteiger partial charge in [0, 0.05) is 11.6 Å². The lowest BCUT2D eigenvalue weighted by molar-refractivity contribution is 0.0559. The van der Waals surface area contributed by atoms with Crippen molar-refractivity contribution >= 4 is 21.9 Å². The van der Waals surface area contributed by atoms with E-state index < -0.39 is 11.8 Å². The van der Waals surface area contributed by atoms with Crippen molar-refractivity contribution in [2.75, 3.05) is 14.2 Å². The molecule has 0 unspecified atom stereocenters. The standard InChI is InChI=1S/C13H11BrFNO4/c1-18-6-10-11(13(17)19-2)20-12(16-10)8-4-3-7(14)5-9(8)15/h3-5H,6H2,1-2H3. The number of hydrogen-bond acceptors (Lipinski definition) is 5. The van der Waals surface area contributed by atoms with Crippen LogP contribution in [-0.4, -0.2) is 25.2 Å². The Bertz CT molecular complexity index is 641. The van der Waals surface area contributed by atoms with Crippen molar-refractivity contribution in [1.82, 2.24) is 4.98 Å². The second-order valence-electron chi connectivity index (χ2n) is 3.84. The van der Waals surface area contributed by atoms with Crippen LogP contribution in [0.2, 0.25) is 0 Å². The van der Waals surface area contributed by atoms with Crippen molar-refractivity contribution in [3.63, 3.8) is 0 Å². The molecule has 20 heavy (non-hydrogen) atoms. The molecule has 0 atom stereocenters. The smallest absolute Gasteiger partial charge is 0.376 e. The molecule has 0 saturated heterocycles. The predicted molar refractivity (Wildman–Crippen MR) is 71.6 cm³/mol. The second-order valence-corrected chi connectivity index (χ2v) is 4.76. The molecule has 0 aliphatic rings. The minimum absolute atomic E-state index is 0.00227. The van der Waals surface area contributed by atoms with E-state index in [1.165, 1.54) is 26.4 Å². The lowest BCUT2D eigenvalue weighted by Crippen LogP contribution is -2.04. The molecule has 1 aromatic heterocycles. The highest BCUT2D eigenvalue weighted by Crippen LogP contribution is 2.27. The SMILES string of the molecule is COCc1nc(-c2ccc(Br)cc2F)oc1C(=O)OC. The van der Waals surface area contributed by atoms with Gasteiger partial charge in [0.2, 0.25) is 11.7 Å². The van der Waals surface area contributed by atoms with E-state index in [2.05, 4.69) is 25.7 Å². The Kier molecular flexibility index (Phi) is 4.51. The van der Waals surface area contributed by atoms with Crippen LogP contribution in [0, 0.1) is 5.82 Å². The molecule has 2 aromatic rings. The third-order valence-corrected chi connectivity index (χ3v) is 3.00. The molecular weight excluding hydrogens is 333 g/mol. The fraction of sp³-hybridized carbons (Fsp3) is 0.231. The van der Waals surface area contributed by atoms with Gasteiger partial charge in [0.1, 0.15) is 11.5 Å². The van der Waals surface area contributed by atoms with Gasteiger partial charge in [-0.3, -0.25) is 0 Å². The molecule has 0 N–H and O–H groups in total. The Hall–Kier alpha value is -1.73. The summed E-state index contributed by atoms with van der Waals surface area (Å²) in [5, 5.41) is 0. The number of oxazole rings is 1. The zero-order valence-corrected chi connectivity index (χ0v) is 12.4. The molecule has 0 bridgehead atoms. The van der Waals surface area contributed by atoms with Crippen LogP contribution in [0.25, 0.3) is 11.5 Å². The quantitative estimate of drug-likeness (QED) is 0.798. The summed E-state index contributed by atoms with van der Waals surface area (Å²) in [5.74, 6) is -1.29. The summed E-state index contributed by atoms with van der Waals surface area (Å²) in [6, 6.07) is 4.44. The van der Waals surface area contributed by atoms with E-state index in [0.717, 1.165) is 0 Å². The third-order valence-electron chi connectivity index (χ3n) is 2.51. The number of benzene rings is 1. The maximum absolute atomic E-state index is 13.9. The number of ether oxygens (including phenoxy) is 2. The number of hydrogen-bond donors (Lipinski definition) is 0. The average molecular weight is 344 g/mol. The Morgan fingerprint density at radius 3 is 2.80 bits per heavy atom. The van der Waals surface area contributed by atoms with Crippen molar-refractivity contribution in [1.29, 1.82) is 0 Å². The lowest BCUT2D eigenvalue weighted by atomic mass is 10.2. The van der Waals surface area contributed by atoms with Crippen molar-refractivity contribution in [2.45, 2.75) is 6.61 Å². The van der Waals surface area contributed by atoms with Crippen molar-refractivity contribution in [2.24, 2.45) is 0 Å². The van der Waals surface area contributed by atoms with Gasteiger partial charge in [-0.05, 0) is 18.2 Å². The number of nitrogens with zero attached hydrogens (tertiary/aromatic N) is 1. The first-order chi connectivity index (χ1) is 9.56. The summed E-state index contributed by atoms with van der Waals surface area (Å²) >= 11 is 3.16. The van der Waals surface area contributed by atoms with Gasteiger partial charge in [-0.2, -0.15) is 0 Å². The molecule has 106 valence electrons. The van der Waals surface area contributed by atoms with E-state index >= 15 is 0 Å². The first kappa shape index (κ1) is 14.7. The molecule has 0 amide bonds. The molecule has 0 spiro atoms. The van der Waals surface area contributed by atoms with Crippen LogP contribution in [0.3, 0.4) is 0 Å². The van der Waals surface area contributed by atoms with Gasteiger partial charge >= 0.3 is 5.97 Å². The molecule has 1 aromatic carbocycles. The van der Waals surface area contributed by atoms with Gasteiger partial charge in [0.25, 0.3) is 0 Å². The summed E-state index contributed by atoms with van der Waals surface area (Å²) in [7, 11) is 2.68. The molecule has 5 nitrogen and oxygen atoms in total. The van der Waals surface area contributed by atoms with Crippen LogP contribution in [0.5, 0.6) is 0 Å². The van der Waals surface area contributed by atoms with Crippen LogP contribution in [0.15, 0.2) is 27.1 Å². The van der Waals surface area contributed by atoms with Gasteiger partial charge in [0.15, 0.2) is 0 Å². The Morgan fingerprint density at radius 2 is 2.20 bits per heavy atom. The summed E-state index contributed by atoms with van der Waals surface area (Å²) in [5.41, 5.74) is 0.414. The van der Waals surface area contributed by atoms with E-state index in [0.29, 0.717) is 4.47 Å². The highest BCUT2D eigenvalue weighted by molar-refractivity contribution is 9.10. The number of halogens is 2. The van der Waals surface area contributed by atoms with Gasteiger partial charge in [-0.25, -0.2) is 14.2 Å². The molecular formula is C13H11BrFNO4. The molecule has 7 heteroatoms. The van der Waals surface area contributed by atoms with E-state index in [9.17, 15) is 9.18 Å². The number of carbonyl (C=O) groups excluding carboxylic acids is 1.